The fourth-order valence-corrected chi connectivity index (χ4v) is 2.93. The molecule has 2 aliphatic carbocycles. The van der Waals surface area contributed by atoms with Crippen LogP contribution >= 0.6 is 0 Å². The number of nitrogens with one attached hydrogen (secondary N) is 1. The Labute approximate surface area is 134 Å². The Morgan fingerprint density at radius 3 is 2.65 bits per heavy atom. The summed E-state index contributed by atoms with van der Waals surface area (Å²) < 4.78 is 15.6. The highest BCUT2D eigenvalue weighted by Crippen LogP contribution is 2.44. The van der Waals surface area contributed by atoms with Crippen LogP contribution in [0, 0.1) is 5.82 Å². The van der Waals surface area contributed by atoms with Crippen LogP contribution in [0.2, 0.25) is 0 Å². The summed E-state index contributed by atoms with van der Waals surface area (Å²) in [5.41, 5.74) is 2.59. The molecule has 0 unspecified atom stereocenters. The third kappa shape index (κ3) is 3.14. The van der Waals surface area contributed by atoms with Gasteiger partial charge in [-0.3, -0.25) is 9.48 Å². The van der Waals surface area contributed by atoms with E-state index < -0.39 is 5.82 Å². The van der Waals surface area contributed by atoms with Crippen LogP contribution in [0.1, 0.15) is 59.3 Å². The quantitative estimate of drug-likeness (QED) is 0.890. The Hall–Kier alpha value is -2.17. The van der Waals surface area contributed by atoms with Crippen molar-refractivity contribution in [1.29, 1.82) is 0 Å². The number of hydrogen-bond donors (Lipinski definition) is 1. The SMILES string of the molecule is O=C(NCCn1nc(C2CC2)cc1C1CC1)c1ccccc1F. The van der Waals surface area contributed by atoms with Crippen LogP contribution in [0.5, 0.6) is 0 Å². The number of rotatable bonds is 6. The summed E-state index contributed by atoms with van der Waals surface area (Å²) in [6, 6.07) is 8.29. The molecule has 2 saturated carbocycles. The maximum absolute atomic E-state index is 13.6. The molecule has 4 rings (SSSR count). The van der Waals surface area contributed by atoms with E-state index in [1.54, 1.807) is 12.1 Å². The topological polar surface area (TPSA) is 46.9 Å². The predicted octanol–water partition coefficient (Wildman–Crippen LogP) is 3.21. The van der Waals surface area contributed by atoms with Crippen LogP contribution in [-0.2, 0) is 6.54 Å². The number of carbonyl (C=O) groups excluding carboxylic acids is 1. The number of hydrogen-bond acceptors (Lipinski definition) is 2. The number of halogens is 1. The molecular weight excluding hydrogens is 293 g/mol. The van der Waals surface area contributed by atoms with Crippen LogP contribution < -0.4 is 5.32 Å². The lowest BCUT2D eigenvalue weighted by molar-refractivity contribution is 0.0948. The van der Waals surface area contributed by atoms with Crippen molar-refractivity contribution < 1.29 is 9.18 Å². The molecule has 2 fully saturated rings. The van der Waals surface area contributed by atoms with Gasteiger partial charge in [0, 0.05) is 24.1 Å². The maximum atomic E-state index is 13.6. The average molecular weight is 313 g/mol. The first kappa shape index (κ1) is 14.4. The van der Waals surface area contributed by atoms with Crippen molar-refractivity contribution in [3.8, 4) is 0 Å². The summed E-state index contributed by atoms with van der Waals surface area (Å²) in [7, 11) is 0. The Morgan fingerprint density at radius 2 is 1.96 bits per heavy atom. The highest BCUT2D eigenvalue weighted by atomic mass is 19.1. The van der Waals surface area contributed by atoms with Gasteiger partial charge in [0.05, 0.1) is 17.8 Å². The largest absolute Gasteiger partial charge is 0.350 e. The summed E-state index contributed by atoms with van der Waals surface area (Å²) in [6.45, 7) is 1.09. The Kier molecular flexibility index (Phi) is 3.63. The molecule has 2 aliphatic rings. The van der Waals surface area contributed by atoms with Crippen molar-refractivity contribution in [2.24, 2.45) is 0 Å². The number of benzene rings is 1. The predicted molar refractivity (Wildman–Crippen MR) is 84.9 cm³/mol. The van der Waals surface area contributed by atoms with Gasteiger partial charge in [-0.05, 0) is 43.9 Å². The van der Waals surface area contributed by atoms with Gasteiger partial charge < -0.3 is 5.32 Å². The summed E-state index contributed by atoms with van der Waals surface area (Å²) >= 11 is 0. The molecule has 23 heavy (non-hydrogen) atoms. The van der Waals surface area contributed by atoms with Crippen molar-refractivity contribution in [2.45, 2.75) is 44.1 Å². The van der Waals surface area contributed by atoms with E-state index in [4.69, 9.17) is 5.10 Å². The van der Waals surface area contributed by atoms with Crippen molar-refractivity contribution in [3.05, 3.63) is 53.1 Å². The van der Waals surface area contributed by atoms with E-state index in [-0.39, 0.29) is 11.5 Å². The van der Waals surface area contributed by atoms with Gasteiger partial charge in [-0.2, -0.15) is 5.10 Å². The molecule has 0 saturated heterocycles. The van der Waals surface area contributed by atoms with Crippen molar-refractivity contribution >= 4 is 5.91 Å². The molecule has 1 aromatic carbocycles. The molecule has 1 aromatic heterocycles. The molecular formula is C18H20FN3O. The van der Waals surface area contributed by atoms with Gasteiger partial charge in [-0.1, -0.05) is 12.1 Å². The highest BCUT2D eigenvalue weighted by Gasteiger charge is 2.32. The van der Waals surface area contributed by atoms with Crippen LogP contribution in [-0.4, -0.2) is 22.2 Å². The monoisotopic (exact) mass is 313 g/mol. The van der Waals surface area contributed by atoms with Gasteiger partial charge in [0.25, 0.3) is 5.91 Å². The van der Waals surface area contributed by atoms with Gasteiger partial charge in [0.2, 0.25) is 0 Å². The van der Waals surface area contributed by atoms with Crippen molar-refractivity contribution in [3.63, 3.8) is 0 Å². The molecule has 0 bridgehead atoms. The van der Waals surface area contributed by atoms with E-state index in [0.29, 0.717) is 24.9 Å². The second kappa shape index (κ2) is 5.80. The molecule has 0 aliphatic heterocycles. The van der Waals surface area contributed by atoms with Crippen molar-refractivity contribution in [1.82, 2.24) is 15.1 Å². The van der Waals surface area contributed by atoms with Crippen LogP contribution in [0.4, 0.5) is 4.39 Å². The van der Waals surface area contributed by atoms with Crippen LogP contribution in [0.15, 0.2) is 30.3 Å². The molecule has 120 valence electrons. The number of aromatic nitrogens is 2. The van der Waals surface area contributed by atoms with Gasteiger partial charge in [0.1, 0.15) is 5.82 Å². The maximum Gasteiger partial charge on any atom is 0.254 e. The van der Waals surface area contributed by atoms with Gasteiger partial charge >= 0.3 is 0 Å². The van der Waals surface area contributed by atoms with Gasteiger partial charge in [0.15, 0.2) is 0 Å². The molecule has 1 N–H and O–H groups in total. The smallest absolute Gasteiger partial charge is 0.254 e. The van der Waals surface area contributed by atoms with E-state index in [2.05, 4.69) is 11.4 Å². The first-order valence-corrected chi connectivity index (χ1v) is 8.33. The van der Waals surface area contributed by atoms with E-state index in [0.717, 1.165) is 0 Å². The van der Waals surface area contributed by atoms with E-state index in [1.165, 1.54) is 49.2 Å². The van der Waals surface area contributed by atoms with Crippen molar-refractivity contribution in [2.75, 3.05) is 6.54 Å². The molecule has 0 radical (unpaired) electrons. The fourth-order valence-electron chi connectivity index (χ4n) is 2.93. The van der Waals surface area contributed by atoms with Gasteiger partial charge in [-0.15, -0.1) is 0 Å². The lowest BCUT2D eigenvalue weighted by atomic mass is 10.2. The van der Waals surface area contributed by atoms with Crippen LogP contribution in [0.25, 0.3) is 0 Å². The minimum atomic E-state index is -0.487. The molecule has 4 nitrogen and oxygen atoms in total. The number of amides is 1. The summed E-state index contributed by atoms with van der Waals surface area (Å²) in [6.07, 6.45) is 4.95. The van der Waals surface area contributed by atoms with Crippen LogP contribution in [0.3, 0.4) is 0 Å². The summed E-state index contributed by atoms with van der Waals surface area (Å²) in [5.74, 6) is 0.420. The molecule has 2 aromatic rings. The lowest BCUT2D eigenvalue weighted by Gasteiger charge is -2.09. The third-order valence-corrected chi connectivity index (χ3v) is 4.55. The second-order valence-electron chi connectivity index (χ2n) is 6.50. The Bertz CT molecular complexity index is 732. The Morgan fingerprint density at radius 1 is 1.22 bits per heavy atom. The van der Waals surface area contributed by atoms with E-state index >= 15 is 0 Å². The molecule has 5 heteroatoms. The minimum absolute atomic E-state index is 0.0917. The number of carbonyl (C=O) groups is 1. The van der Waals surface area contributed by atoms with E-state index in [1.807, 2.05) is 4.68 Å². The zero-order valence-corrected chi connectivity index (χ0v) is 13.0. The first-order valence-electron chi connectivity index (χ1n) is 8.33. The Balaban J connectivity index is 1.39. The third-order valence-electron chi connectivity index (χ3n) is 4.55. The molecule has 0 spiro atoms. The second-order valence-corrected chi connectivity index (χ2v) is 6.50. The first-order chi connectivity index (χ1) is 11.2. The minimum Gasteiger partial charge on any atom is -0.350 e. The molecule has 1 amide bonds. The summed E-state index contributed by atoms with van der Waals surface area (Å²) in [5, 5.41) is 7.50. The van der Waals surface area contributed by atoms with Gasteiger partial charge in [-0.25, -0.2) is 4.39 Å². The summed E-state index contributed by atoms with van der Waals surface area (Å²) in [4.78, 5) is 12.0. The lowest BCUT2D eigenvalue weighted by Crippen LogP contribution is -2.28. The highest BCUT2D eigenvalue weighted by molar-refractivity contribution is 5.94. The normalized spacial score (nSPS) is 17.3. The zero-order chi connectivity index (χ0) is 15.8. The number of nitrogens with zero attached hydrogens (tertiary/aromatic N) is 2. The molecule has 0 atom stereocenters. The van der Waals surface area contributed by atoms with E-state index in [9.17, 15) is 9.18 Å². The standard InChI is InChI=1S/C18H20FN3O/c19-15-4-2-1-3-14(15)18(23)20-9-10-22-17(13-7-8-13)11-16(21-22)12-5-6-12/h1-4,11-13H,5-10H2,(H,20,23). The molecule has 1 heterocycles. The zero-order valence-electron chi connectivity index (χ0n) is 13.0. The fraction of sp³-hybridized carbons (Fsp3) is 0.444. The average Bonchev–Trinajstić information content (AvgIpc) is 3.46.